The van der Waals surface area contributed by atoms with Crippen molar-refractivity contribution >= 4 is 35.2 Å². The molecule has 52 heavy (non-hydrogen) atoms. The highest BCUT2D eigenvalue weighted by atomic mass is 16.2. The summed E-state index contributed by atoms with van der Waals surface area (Å²) < 4.78 is 0. The average molecular weight is 721 g/mol. The lowest BCUT2D eigenvalue weighted by atomic mass is 9.84. The molecule has 4 rings (SSSR count). The standard InChI is InChI=1S/C39H56N6O7/c1-12-14-22(18-24(46)33(49)40-17-13-2)41-34(50)29-27-23(39(27,9)10)19-45(29)35(51)32(38(6,7)8)43-36(52)42-25(37(3,4)5)20-44(11)28-26(21-15-16-21)30(47)31(28)48/h1,13,21-23,25,27,29,32H,2,14-20H2,3-11H3,(H,40,49)(H,41,50)(H2,42,43,52)/t22?,23-,25+,27-,29-,32+/m0/s1. The van der Waals surface area contributed by atoms with Crippen LogP contribution >= 0.6 is 0 Å². The van der Waals surface area contributed by atoms with Crippen molar-refractivity contribution < 1.29 is 24.0 Å². The molecule has 0 radical (unpaired) electrons. The number of amides is 5. The van der Waals surface area contributed by atoms with Crippen molar-refractivity contribution in [2.75, 3.05) is 31.6 Å². The van der Waals surface area contributed by atoms with E-state index in [4.69, 9.17) is 6.42 Å². The molecule has 2 aliphatic carbocycles. The van der Waals surface area contributed by atoms with Gasteiger partial charge in [-0.1, -0.05) is 61.5 Å². The Bertz CT molecular complexity index is 1720. The van der Waals surface area contributed by atoms with Crippen LogP contribution in [-0.2, 0) is 19.2 Å². The lowest BCUT2D eigenvalue weighted by Crippen LogP contribution is -2.62. The Kier molecular flexibility index (Phi) is 11.5. The molecule has 1 unspecified atom stereocenters. The molecule has 4 N–H and O–H groups in total. The van der Waals surface area contributed by atoms with Gasteiger partial charge < -0.3 is 31.1 Å². The van der Waals surface area contributed by atoms with Gasteiger partial charge in [-0.3, -0.25) is 28.8 Å². The van der Waals surface area contributed by atoms with E-state index in [-0.39, 0.29) is 49.1 Å². The van der Waals surface area contributed by atoms with Crippen molar-refractivity contribution in [3.63, 3.8) is 0 Å². The number of urea groups is 1. The number of ketones is 1. The van der Waals surface area contributed by atoms with Gasteiger partial charge in [0.1, 0.15) is 12.1 Å². The van der Waals surface area contributed by atoms with Gasteiger partial charge >= 0.3 is 6.03 Å². The van der Waals surface area contributed by atoms with Crippen LogP contribution in [0.1, 0.15) is 92.6 Å². The topological polar surface area (TPSA) is 174 Å². The van der Waals surface area contributed by atoms with Crippen LogP contribution in [0.25, 0.3) is 0 Å². The lowest BCUT2D eigenvalue weighted by Gasteiger charge is -2.39. The molecule has 284 valence electrons. The van der Waals surface area contributed by atoms with E-state index in [1.807, 2.05) is 55.4 Å². The number of Topliss-reactive ketones (excluding diaryl/α,β-unsaturated/α-hetero) is 1. The minimum Gasteiger partial charge on any atom is -0.369 e. The minimum absolute atomic E-state index is 0.00446. The molecule has 1 aliphatic heterocycles. The summed E-state index contributed by atoms with van der Waals surface area (Å²) in [5.41, 5.74) is -1.36. The van der Waals surface area contributed by atoms with E-state index in [9.17, 15) is 33.6 Å². The Morgan fingerprint density at radius 1 is 1.02 bits per heavy atom. The van der Waals surface area contributed by atoms with Gasteiger partial charge in [0.2, 0.25) is 28.5 Å². The van der Waals surface area contributed by atoms with E-state index in [1.165, 1.54) is 11.0 Å². The zero-order valence-electron chi connectivity index (χ0n) is 32.1. The predicted molar refractivity (Wildman–Crippen MR) is 199 cm³/mol. The molecule has 1 saturated heterocycles. The van der Waals surface area contributed by atoms with Gasteiger partial charge in [0.25, 0.3) is 5.91 Å². The second-order valence-corrected chi connectivity index (χ2v) is 17.5. The third kappa shape index (κ3) is 8.42. The third-order valence-electron chi connectivity index (χ3n) is 11.0. The molecule has 13 heteroatoms. The second-order valence-electron chi connectivity index (χ2n) is 17.5. The number of hydrogen-bond acceptors (Lipinski definition) is 8. The zero-order valence-corrected chi connectivity index (χ0v) is 32.1. The summed E-state index contributed by atoms with van der Waals surface area (Å²) in [4.78, 5) is 95.1. The molecule has 5 amide bonds. The van der Waals surface area contributed by atoms with Gasteiger partial charge in [-0.15, -0.1) is 18.9 Å². The van der Waals surface area contributed by atoms with Gasteiger partial charge in [-0.25, -0.2) is 4.79 Å². The fourth-order valence-electron chi connectivity index (χ4n) is 7.57. The number of nitrogens with one attached hydrogen (secondary N) is 4. The van der Waals surface area contributed by atoms with Crippen LogP contribution < -0.4 is 37.0 Å². The number of hydrogen-bond donors (Lipinski definition) is 4. The SMILES string of the molecule is C#CCC(CC(=O)C(=O)NCC=C)NC(=O)[C@@H]1[C@@H]2[C@H](CN1C(=O)[C@@H](NC(=O)N[C@H](CN(C)c1c(C3CC3)c(=O)c1=O)C(C)(C)C)C(C)(C)C)C2(C)C. The fraction of sp³-hybridized carbons (Fsp3) is 0.667. The van der Waals surface area contributed by atoms with E-state index in [0.717, 1.165) is 12.8 Å². The Balaban J connectivity index is 1.50. The number of likely N-dealkylation sites (tertiary alicyclic amines) is 1. The Morgan fingerprint density at radius 3 is 2.19 bits per heavy atom. The van der Waals surface area contributed by atoms with Crippen molar-refractivity contribution in [1.29, 1.82) is 0 Å². The fourth-order valence-corrected chi connectivity index (χ4v) is 7.57. The Hall–Kier alpha value is -4.47. The maximum absolute atomic E-state index is 14.4. The van der Waals surface area contributed by atoms with Crippen LogP contribution in [0.2, 0.25) is 0 Å². The molecule has 0 bridgehead atoms. The molecular weight excluding hydrogens is 664 g/mol. The number of terminal acetylenes is 1. The first kappa shape index (κ1) is 40.3. The van der Waals surface area contributed by atoms with E-state index in [1.54, 1.807) is 11.9 Å². The first-order valence-corrected chi connectivity index (χ1v) is 18.1. The molecule has 2 saturated carbocycles. The number of carbonyl (C=O) groups is 5. The number of fused-ring (bicyclic) bond motifs is 1. The normalized spacial score (nSPS) is 22.2. The molecule has 6 atom stereocenters. The first-order chi connectivity index (χ1) is 24.1. The van der Waals surface area contributed by atoms with Gasteiger partial charge in [0.05, 0.1) is 11.7 Å². The third-order valence-corrected chi connectivity index (χ3v) is 11.0. The summed E-state index contributed by atoms with van der Waals surface area (Å²) in [7, 11) is 1.74. The molecule has 0 aromatic heterocycles. The molecule has 1 aromatic carbocycles. The van der Waals surface area contributed by atoms with Gasteiger partial charge in [0, 0.05) is 51.1 Å². The summed E-state index contributed by atoms with van der Waals surface area (Å²) >= 11 is 0. The smallest absolute Gasteiger partial charge is 0.315 e. The van der Waals surface area contributed by atoms with Gasteiger partial charge in [-0.2, -0.15) is 0 Å². The minimum atomic E-state index is -1.02. The van der Waals surface area contributed by atoms with Crippen molar-refractivity contribution in [2.24, 2.45) is 28.1 Å². The second kappa shape index (κ2) is 14.9. The number of rotatable bonds is 15. The summed E-state index contributed by atoms with van der Waals surface area (Å²) in [5.74, 6) is 0.0597. The Labute approximate surface area is 306 Å². The van der Waals surface area contributed by atoms with Gasteiger partial charge in [-0.05, 0) is 46.8 Å². The van der Waals surface area contributed by atoms with E-state index < -0.39 is 75.4 Å². The number of piperidine rings is 1. The first-order valence-electron chi connectivity index (χ1n) is 18.1. The molecule has 0 spiro atoms. The molecule has 1 heterocycles. The van der Waals surface area contributed by atoms with Crippen molar-refractivity contribution in [1.82, 2.24) is 26.2 Å². The van der Waals surface area contributed by atoms with Crippen LogP contribution in [0.3, 0.4) is 0 Å². The van der Waals surface area contributed by atoms with Crippen LogP contribution in [0.4, 0.5) is 10.5 Å². The van der Waals surface area contributed by atoms with Crippen molar-refractivity contribution in [3.05, 3.63) is 38.7 Å². The maximum atomic E-state index is 14.4. The van der Waals surface area contributed by atoms with Crippen LogP contribution in [0.5, 0.6) is 0 Å². The summed E-state index contributed by atoms with van der Waals surface area (Å²) in [6.45, 7) is 19.7. The summed E-state index contributed by atoms with van der Waals surface area (Å²) in [6, 6.07) is -3.77. The number of nitrogens with zero attached hydrogens (tertiary/aromatic N) is 2. The monoisotopic (exact) mass is 720 g/mol. The van der Waals surface area contributed by atoms with E-state index in [0.29, 0.717) is 17.8 Å². The quantitative estimate of drug-likeness (QED) is 0.121. The summed E-state index contributed by atoms with van der Waals surface area (Å²) in [5, 5.41) is 11.2. The number of anilines is 1. The lowest BCUT2D eigenvalue weighted by molar-refractivity contribution is -0.144. The zero-order chi connectivity index (χ0) is 39.1. The highest BCUT2D eigenvalue weighted by Crippen LogP contribution is 2.65. The van der Waals surface area contributed by atoms with Crippen LogP contribution in [-0.4, -0.2) is 85.3 Å². The van der Waals surface area contributed by atoms with Crippen LogP contribution in [0, 0.1) is 40.4 Å². The predicted octanol–water partition coefficient (Wildman–Crippen LogP) is 1.98. The average Bonchev–Trinajstić information content (AvgIpc) is 3.90. The van der Waals surface area contributed by atoms with E-state index in [2.05, 4.69) is 33.8 Å². The highest BCUT2D eigenvalue weighted by Gasteiger charge is 2.69. The molecule has 3 aliphatic rings. The van der Waals surface area contributed by atoms with Crippen molar-refractivity contribution in [2.45, 2.75) is 111 Å². The highest BCUT2D eigenvalue weighted by molar-refractivity contribution is 6.36. The van der Waals surface area contributed by atoms with E-state index >= 15 is 0 Å². The number of likely N-dealkylation sites (N-methyl/N-ethyl adjacent to an activating group) is 1. The molecule has 1 aromatic rings. The molecular formula is C39H56N6O7. The summed E-state index contributed by atoms with van der Waals surface area (Å²) in [6.07, 6.45) is 8.47. The van der Waals surface area contributed by atoms with Crippen LogP contribution in [0.15, 0.2) is 22.2 Å². The van der Waals surface area contributed by atoms with Gasteiger partial charge in [0.15, 0.2) is 0 Å². The van der Waals surface area contributed by atoms with Crippen molar-refractivity contribution in [3.8, 4) is 12.3 Å². The largest absolute Gasteiger partial charge is 0.369 e. The molecule has 13 nitrogen and oxygen atoms in total. The molecule has 3 fully saturated rings. The Morgan fingerprint density at radius 2 is 1.65 bits per heavy atom. The number of carbonyl (C=O) groups excluding carboxylic acids is 5. The maximum Gasteiger partial charge on any atom is 0.315 e.